The second-order valence-corrected chi connectivity index (χ2v) is 4.71. The molecule has 0 radical (unpaired) electrons. The average Bonchev–Trinajstić information content (AvgIpc) is 2.42. The van der Waals surface area contributed by atoms with E-state index in [1.165, 1.54) is 13.2 Å². The lowest BCUT2D eigenvalue weighted by Crippen LogP contribution is -2.33. The standard InChI is InChI=1S/C14H18FNO2/c1-18-13-3-2-12(14(15)8-13)9-16-6-4-11(10-17)5-7-16/h2-3,8,10-11H,4-7,9H2,1H3. The molecule has 2 rings (SSSR count). The Balaban J connectivity index is 1.96. The molecular weight excluding hydrogens is 233 g/mol. The van der Waals surface area contributed by atoms with Crippen LogP contribution in [0.3, 0.4) is 0 Å². The van der Waals surface area contributed by atoms with Crippen molar-refractivity contribution in [1.29, 1.82) is 0 Å². The van der Waals surface area contributed by atoms with E-state index in [9.17, 15) is 9.18 Å². The van der Waals surface area contributed by atoms with Crippen LogP contribution in [-0.4, -0.2) is 31.4 Å². The Bertz CT molecular complexity index is 414. The van der Waals surface area contributed by atoms with Crippen molar-refractivity contribution in [1.82, 2.24) is 4.90 Å². The molecule has 4 heteroatoms. The fourth-order valence-corrected chi connectivity index (χ4v) is 2.27. The minimum atomic E-state index is -0.230. The van der Waals surface area contributed by atoms with E-state index in [0.29, 0.717) is 17.9 Å². The number of likely N-dealkylation sites (tertiary alicyclic amines) is 1. The first-order valence-corrected chi connectivity index (χ1v) is 6.23. The minimum absolute atomic E-state index is 0.182. The molecule has 1 aliphatic rings. The first kappa shape index (κ1) is 13.0. The van der Waals surface area contributed by atoms with Crippen molar-refractivity contribution in [2.45, 2.75) is 19.4 Å². The van der Waals surface area contributed by atoms with Gasteiger partial charge in [0.15, 0.2) is 0 Å². The van der Waals surface area contributed by atoms with Gasteiger partial charge >= 0.3 is 0 Å². The molecule has 1 aromatic rings. The fraction of sp³-hybridized carbons (Fsp3) is 0.500. The highest BCUT2D eigenvalue weighted by Gasteiger charge is 2.19. The molecule has 0 N–H and O–H groups in total. The number of rotatable bonds is 4. The van der Waals surface area contributed by atoms with Gasteiger partial charge in [-0.1, -0.05) is 6.07 Å². The summed E-state index contributed by atoms with van der Waals surface area (Å²) in [6, 6.07) is 4.95. The zero-order valence-corrected chi connectivity index (χ0v) is 10.6. The van der Waals surface area contributed by atoms with Gasteiger partial charge in [0.2, 0.25) is 0 Å². The summed E-state index contributed by atoms with van der Waals surface area (Å²) < 4.78 is 18.7. The SMILES string of the molecule is COc1ccc(CN2CCC(C=O)CC2)c(F)c1. The molecule has 0 saturated carbocycles. The fourth-order valence-electron chi connectivity index (χ4n) is 2.27. The number of carbonyl (C=O) groups excluding carboxylic acids is 1. The highest BCUT2D eigenvalue weighted by Crippen LogP contribution is 2.21. The summed E-state index contributed by atoms with van der Waals surface area (Å²) in [6.07, 6.45) is 2.79. The van der Waals surface area contributed by atoms with Crippen LogP contribution in [0.5, 0.6) is 5.75 Å². The summed E-state index contributed by atoms with van der Waals surface area (Å²) >= 11 is 0. The second-order valence-electron chi connectivity index (χ2n) is 4.71. The van der Waals surface area contributed by atoms with E-state index in [2.05, 4.69) is 4.90 Å². The summed E-state index contributed by atoms with van der Waals surface area (Å²) in [5, 5.41) is 0. The van der Waals surface area contributed by atoms with Crippen molar-refractivity contribution in [2.24, 2.45) is 5.92 Å². The van der Waals surface area contributed by atoms with Crippen LogP contribution in [0.4, 0.5) is 4.39 Å². The molecule has 1 fully saturated rings. The molecule has 1 aliphatic heterocycles. The lowest BCUT2D eigenvalue weighted by molar-refractivity contribution is -0.112. The van der Waals surface area contributed by atoms with Crippen molar-refractivity contribution < 1.29 is 13.9 Å². The molecule has 0 amide bonds. The summed E-state index contributed by atoms with van der Waals surface area (Å²) in [5.41, 5.74) is 0.681. The van der Waals surface area contributed by atoms with E-state index in [0.717, 1.165) is 32.2 Å². The van der Waals surface area contributed by atoms with Crippen LogP contribution in [0.2, 0.25) is 0 Å². The zero-order valence-electron chi connectivity index (χ0n) is 10.6. The van der Waals surface area contributed by atoms with Crippen LogP contribution in [0.25, 0.3) is 0 Å². The highest BCUT2D eigenvalue weighted by molar-refractivity contribution is 5.53. The van der Waals surface area contributed by atoms with E-state index in [-0.39, 0.29) is 11.7 Å². The van der Waals surface area contributed by atoms with Crippen LogP contribution in [-0.2, 0) is 11.3 Å². The number of carbonyl (C=O) groups is 1. The Morgan fingerprint density at radius 3 is 2.72 bits per heavy atom. The number of methoxy groups -OCH3 is 1. The molecular formula is C14H18FNO2. The third-order valence-corrected chi connectivity index (χ3v) is 3.48. The van der Waals surface area contributed by atoms with Crippen molar-refractivity contribution in [2.75, 3.05) is 20.2 Å². The Morgan fingerprint density at radius 1 is 1.44 bits per heavy atom. The van der Waals surface area contributed by atoms with Gasteiger partial charge in [-0.15, -0.1) is 0 Å². The Labute approximate surface area is 107 Å². The maximum atomic E-state index is 13.8. The van der Waals surface area contributed by atoms with Gasteiger partial charge in [-0.3, -0.25) is 4.90 Å². The molecule has 0 aromatic heterocycles. The summed E-state index contributed by atoms with van der Waals surface area (Å²) in [6.45, 7) is 2.31. The number of aldehydes is 1. The van der Waals surface area contributed by atoms with Crippen molar-refractivity contribution in [3.05, 3.63) is 29.6 Å². The Kier molecular flexibility index (Phi) is 4.31. The monoisotopic (exact) mass is 251 g/mol. The maximum absolute atomic E-state index is 13.8. The van der Waals surface area contributed by atoms with Crippen LogP contribution >= 0.6 is 0 Å². The summed E-state index contributed by atoms with van der Waals surface area (Å²) in [4.78, 5) is 12.8. The van der Waals surface area contributed by atoms with Crippen LogP contribution < -0.4 is 4.74 Å². The quantitative estimate of drug-likeness (QED) is 0.769. The molecule has 0 atom stereocenters. The normalized spacial score (nSPS) is 17.7. The van der Waals surface area contributed by atoms with Gasteiger partial charge in [0.25, 0.3) is 0 Å². The van der Waals surface area contributed by atoms with Gasteiger partial charge in [-0.2, -0.15) is 0 Å². The van der Waals surface area contributed by atoms with E-state index < -0.39 is 0 Å². The van der Waals surface area contributed by atoms with Gasteiger partial charge in [-0.05, 0) is 32.0 Å². The van der Waals surface area contributed by atoms with Gasteiger partial charge < -0.3 is 9.53 Å². The first-order valence-electron chi connectivity index (χ1n) is 6.23. The molecule has 0 unspecified atom stereocenters. The van der Waals surface area contributed by atoms with E-state index >= 15 is 0 Å². The highest BCUT2D eigenvalue weighted by atomic mass is 19.1. The number of nitrogens with zero attached hydrogens (tertiary/aromatic N) is 1. The maximum Gasteiger partial charge on any atom is 0.131 e. The number of hydrogen-bond donors (Lipinski definition) is 0. The minimum Gasteiger partial charge on any atom is -0.497 e. The Morgan fingerprint density at radius 2 is 2.17 bits per heavy atom. The third kappa shape index (κ3) is 3.07. The predicted molar refractivity (Wildman–Crippen MR) is 67.0 cm³/mol. The zero-order chi connectivity index (χ0) is 13.0. The number of hydrogen-bond acceptors (Lipinski definition) is 3. The largest absolute Gasteiger partial charge is 0.497 e. The molecule has 0 bridgehead atoms. The topological polar surface area (TPSA) is 29.5 Å². The molecule has 1 saturated heterocycles. The molecule has 1 aromatic carbocycles. The van der Waals surface area contributed by atoms with Gasteiger partial charge in [-0.25, -0.2) is 4.39 Å². The average molecular weight is 251 g/mol. The number of benzene rings is 1. The van der Waals surface area contributed by atoms with Crippen LogP contribution in [0.1, 0.15) is 18.4 Å². The smallest absolute Gasteiger partial charge is 0.131 e. The van der Waals surface area contributed by atoms with E-state index in [4.69, 9.17) is 4.74 Å². The predicted octanol–water partition coefficient (Wildman–Crippen LogP) is 2.25. The number of ether oxygens (including phenoxy) is 1. The first-order chi connectivity index (χ1) is 8.72. The molecule has 1 heterocycles. The van der Waals surface area contributed by atoms with Crippen LogP contribution in [0.15, 0.2) is 18.2 Å². The molecule has 0 spiro atoms. The molecule has 0 aliphatic carbocycles. The molecule has 18 heavy (non-hydrogen) atoms. The van der Waals surface area contributed by atoms with Gasteiger partial charge in [0.1, 0.15) is 17.9 Å². The molecule has 3 nitrogen and oxygen atoms in total. The number of halogens is 1. The summed E-state index contributed by atoms with van der Waals surface area (Å²) in [5.74, 6) is 0.490. The van der Waals surface area contributed by atoms with Crippen LogP contribution in [0, 0.1) is 11.7 Å². The summed E-state index contributed by atoms with van der Waals surface area (Å²) in [7, 11) is 1.53. The van der Waals surface area contributed by atoms with E-state index in [1.807, 2.05) is 0 Å². The number of piperidine rings is 1. The third-order valence-electron chi connectivity index (χ3n) is 3.48. The second kappa shape index (κ2) is 5.96. The lowest BCUT2D eigenvalue weighted by Gasteiger charge is -2.29. The Hall–Kier alpha value is -1.42. The lowest BCUT2D eigenvalue weighted by atomic mass is 9.98. The van der Waals surface area contributed by atoms with Crippen molar-refractivity contribution in [3.63, 3.8) is 0 Å². The molecule has 98 valence electrons. The van der Waals surface area contributed by atoms with Gasteiger partial charge in [0, 0.05) is 24.1 Å². The van der Waals surface area contributed by atoms with Gasteiger partial charge in [0.05, 0.1) is 7.11 Å². The van der Waals surface area contributed by atoms with E-state index in [1.54, 1.807) is 12.1 Å². The van der Waals surface area contributed by atoms with Crippen molar-refractivity contribution >= 4 is 6.29 Å². The van der Waals surface area contributed by atoms with Crippen molar-refractivity contribution in [3.8, 4) is 5.75 Å².